The first kappa shape index (κ1) is 50.6. The highest BCUT2D eigenvalue weighted by Gasteiger charge is 2.52. The second kappa shape index (κ2) is 20.0. The average Bonchev–Trinajstić information content (AvgIpc) is 3.32. The fourth-order valence-corrected chi connectivity index (χ4v) is 6.85. The first-order chi connectivity index (χ1) is 31.5. The van der Waals surface area contributed by atoms with Gasteiger partial charge in [0.15, 0.2) is 76.0 Å². The lowest BCUT2D eigenvalue weighted by Crippen LogP contribution is -2.81. The lowest BCUT2D eigenvalue weighted by molar-refractivity contribution is -0.690. The van der Waals surface area contributed by atoms with Crippen molar-refractivity contribution >= 4 is 33.8 Å². The second-order valence-electron chi connectivity index (χ2n) is 13.4. The molecule has 0 aliphatic carbocycles. The van der Waals surface area contributed by atoms with Gasteiger partial charge in [0.25, 0.3) is 0 Å². The Morgan fingerprint density at radius 3 is 1.18 bits per heavy atom. The molecule has 0 saturated carbocycles. The molecule has 5 aromatic carbocycles. The number of azide groups is 1. The summed E-state index contributed by atoms with van der Waals surface area (Å²) in [6.07, 6.45) is 2.27. The molecule has 6 nitrogen and oxygen atoms in total. The van der Waals surface area contributed by atoms with Gasteiger partial charge in [-0.25, -0.2) is 87.8 Å². The Hall–Kier alpha value is -7.44. The predicted octanol–water partition coefficient (Wildman–Crippen LogP) is 8.51. The van der Waals surface area contributed by atoms with Crippen molar-refractivity contribution in [1.82, 2.24) is 4.98 Å². The highest BCUT2D eigenvalue weighted by atomic mass is 19.2. The Balaban J connectivity index is 0.000000319. The summed E-state index contributed by atoms with van der Waals surface area (Å²) in [5.41, 5.74) is -4.51. The van der Waals surface area contributed by atoms with Crippen LogP contribution in [0.2, 0.25) is 0 Å². The fraction of sp³-hybridized carbons (Fsp3) is 0.0750. The fourth-order valence-electron chi connectivity index (χ4n) is 6.85. The van der Waals surface area contributed by atoms with Crippen molar-refractivity contribution in [2.24, 2.45) is 5.11 Å². The largest absolute Gasteiger partial charge is 0.287 e. The van der Waals surface area contributed by atoms with Crippen molar-refractivity contribution in [1.29, 1.82) is 0 Å². The molecule has 0 fully saturated rings. The van der Waals surface area contributed by atoms with Crippen molar-refractivity contribution in [2.45, 2.75) is 13.0 Å². The molecule has 1 heterocycles. The Labute approximate surface area is 359 Å². The number of rotatable bonds is 11. The first-order valence-electron chi connectivity index (χ1n) is 17.8. The topological polar surface area (TPSA) is 82.6 Å². The lowest BCUT2D eigenvalue weighted by atomic mass is 9.12. The van der Waals surface area contributed by atoms with E-state index in [4.69, 9.17) is 5.53 Å². The number of carbonyl (C=O) groups is 1. The van der Waals surface area contributed by atoms with Crippen LogP contribution in [0.15, 0.2) is 66.2 Å². The zero-order valence-electron chi connectivity index (χ0n) is 32.2. The van der Waals surface area contributed by atoms with Crippen LogP contribution in [0.3, 0.4) is 0 Å². The van der Waals surface area contributed by atoms with Gasteiger partial charge in [0, 0.05) is 17.0 Å². The maximum atomic E-state index is 15.4. The molecule has 0 bridgehead atoms. The van der Waals surface area contributed by atoms with Gasteiger partial charge in [-0.1, -0.05) is 47.6 Å². The number of allylic oxidation sites excluding steroid dienone is 1. The number of nitrogens with zero attached hydrogens (tertiary/aromatic N) is 5. The minimum Gasteiger partial charge on any atom is -0.287 e. The van der Waals surface area contributed by atoms with Gasteiger partial charge in [-0.15, -0.1) is 21.9 Å². The summed E-state index contributed by atoms with van der Waals surface area (Å²) in [4.78, 5) is 19.0. The zero-order valence-corrected chi connectivity index (χ0v) is 32.2. The molecule has 0 aliphatic heterocycles. The highest BCUT2D eigenvalue weighted by Crippen LogP contribution is 2.30. The number of hydrogen-bond acceptors (Lipinski definition) is 3. The van der Waals surface area contributed by atoms with Gasteiger partial charge in [0.1, 0.15) is 52.7 Å². The number of aromatic nitrogens is 2. The number of ketones is 1. The Morgan fingerprint density at radius 1 is 0.522 bits per heavy atom. The van der Waals surface area contributed by atoms with E-state index in [1.165, 1.54) is 0 Å². The van der Waals surface area contributed by atoms with Crippen molar-refractivity contribution in [3.8, 4) is 0 Å². The average molecular weight is 973 g/mol. The van der Waals surface area contributed by atoms with E-state index < -0.39 is 144 Å². The molecule has 0 atom stereocenters. The molecule has 0 N–H and O–H groups in total. The van der Waals surface area contributed by atoms with Gasteiger partial charge in [-0.2, -0.15) is 4.57 Å². The van der Waals surface area contributed by atoms with Crippen molar-refractivity contribution in [2.75, 3.05) is 6.54 Å². The normalized spacial score (nSPS) is 11.5. The van der Waals surface area contributed by atoms with Crippen molar-refractivity contribution in [3.63, 3.8) is 0 Å². The van der Waals surface area contributed by atoms with Gasteiger partial charge in [0.05, 0.1) is 18.8 Å². The molecule has 0 radical (unpaired) electrons. The van der Waals surface area contributed by atoms with Crippen LogP contribution in [0.4, 0.5) is 87.8 Å². The van der Waals surface area contributed by atoms with Gasteiger partial charge >= 0.3 is 0 Å². The van der Waals surface area contributed by atoms with Crippen molar-refractivity contribution < 1.29 is 97.2 Å². The van der Waals surface area contributed by atoms with Gasteiger partial charge in [-0.05, 0) is 5.53 Å². The molecule has 0 unspecified atom stereocenters. The molecule has 1 aromatic heterocycles. The van der Waals surface area contributed by atoms with E-state index in [0.717, 1.165) is 5.69 Å². The van der Waals surface area contributed by atoms with Crippen LogP contribution in [0, 0.1) is 116 Å². The summed E-state index contributed by atoms with van der Waals surface area (Å²) >= 11 is 0. The van der Waals surface area contributed by atoms with E-state index in [2.05, 4.69) is 15.0 Å². The number of hydrogen-bond donors (Lipinski definition) is 0. The predicted molar refractivity (Wildman–Crippen MR) is 191 cm³/mol. The van der Waals surface area contributed by atoms with Gasteiger partial charge < -0.3 is 0 Å². The number of halogens is 20. The summed E-state index contributed by atoms with van der Waals surface area (Å²) in [6.45, 7) is 0.589. The second-order valence-corrected chi connectivity index (χ2v) is 13.4. The smallest absolute Gasteiger partial charge is 0.227 e. The maximum Gasteiger partial charge on any atom is 0.227 e. The standard InChI is InChI=1S/C24BF20.C16H16N5O/c26-5-1(6(27)14(35)21(42)13(5)34)25(2-7(28)15(36)22(43)16(37)8(2)29,3-9(30)17(38)23(44)18(39)10(3)31)4-11(32)19(40)24(45)20(41)12(4)33;17-20-19-9-5-4-8-15-12-18-10-11-21(15)13-16(22)14-6-2-1-3-7-14/h;1-7,10-12H,8-9,13H2/q-1;+1. The van der Waals surface area contributed by atoms with E-state index in [1.54, 1.807) is 24.7 Å². The van der Waals surface area contributed by atoms with E-state index in [0.29, 0.717) is 18.5 Å². The first-order valence-corrected chi connectivity index (χ1v) is 17.8. The summed E-state index contributed by atoms with van der Waals surface area (Å²) in [6, 6.07) is 9.21. The summed E-state index contributed by atoms with van der Waals surface area (Å²) in [7, 11) is 0. The van der Waals surface area contributed by atoms with Gasteiger partial charge in [-0.3, -0.25) is 9.78 Å². The van der Waals surface area contributed by atoms with Gasteiger partial charge in [0.2, 0.25) is 18.0 Å². The molecule has 27 heteroatoms. The van der Waals surface area contributed by atoms with Crippen LogP contribution in [0.1, 0.15) is 16.1 Å². The molecular formula is C40H16BF20N5O. The molecule has 67 heavy (non-hydrogen) atoms. The number of carbonyl (C=O) groups excluding carboxylic acids is 1. The van der Waals surface area contributed by atoms with Crippen LogP contribution in [0.5, 0.6) is 0 Å². The lowest BCUT2D eigenvalue weighted by Gasteiger charge is -2.44. The molecule has 0 spiro atoms. The molecular weight excluding hydrogens is 957 g/mol. The maximum absolute atomic E-state index is 15.4. The van der Waals surface area contributed by atoms with Crippen LogP contribution in [0.25, 0.3) is 10.4 Å². The van der Waals surface area contributed by atoms with Crippen molar-refractivity contribution in [3.05, 3.63) is 199 Å². The third-order valence-corrected chi connectivity index (χ3v) is 9.79. The molecule has 6 aromatic rings. The molecule has 0 aliphatic rings. The zero-order chi connectivity index (χ0) is 50.0. The number of benzene rings is 5. The Morgan fingerprint density at radius 2 is 0.851 bits per heavy atom. The summed E-state index contributed by atoms with van der Waals surface area (Å²) in [5, 5.41) is 3.43. The van der Waals surface area contributed by atoms with Crippen LogP contribution >= 0.6 is 0 Å². The molecule has 6 rings (SSSR count). The summed E-state index contributed by atoms with van der Waals surface area (Å²) in [5.74, 6) is -71.4. The van der Waals surface area contributed by atoms with E-state index >= 15 is 35.1 Å². The Bertz CT molecular complexity index is 2660. The number of Topliss-reactive ketones (excluding diaryl/α,β-unsaturated/α-hetero) is 1. The SMILES string of the molecule is Fc1c(F)c(F)c([B-](c2c(F)c(F)c(F)c(F)c2F)(c2c(F)c(F)c(F)c(F)c2F)c2c(F)c(F)c(F)c(F)c2F)c(F)c1F.[N-]=[N+]=NCC=CCc1cncc[n+]1CC(=O)c1ccccc1. The monoisotopic (exact) mass is 973 g/mol. The highest BCUT2D eigenvalue weighted by molar-refractivity contribution is 7.20. The molecule has 0 amide bonds. The van der Waals surface area contributed by atoms with Crippen LogP contribution in [-0.4, -0.2) is 23.5 Å². The minimum absolute atomic E-state index is 0.0520. The third-order valence-electron chi connectivity index (χ3n) is 9.79. The third kappa shape index (κ3) is 8.72. The quantitative estimate of drug-likeness (QED) is 0.0125. The molecule has 350 valence electrons. The summed E-state index contributed by atoms with van der Waals surface area (Å²) < 4.78 is 296. The van der Waals surface area contributed by atoms with E-state index in [1.807, 2.05) is 41.0 Å². The molecule has 0 saturated heterocycles. The van der Waals surface area contributed by atoms with Crippen LogP contribution < -0.4 is 26.4 Å². The minimum atomic E-state index is -7.22. The van der Waals surface area contributed by atoms with E-state index in [-0.39, 0.29) is 12.3 Å². The van der Waals surface area contributed by atoms with Crippen LogP contribution in [-0.2, 0) is 13.0 Å². The Kier molecular flexibility index (Phi) is 15.1. The van der Waals surface area contributed by atoms with E-state index in [9.17, 15) is 57.5 Å².